The van der Waals surface area contributed by atoms with E-state index in [1.165, 1.54) is 11.4 Å². The molecular formula is C32H58Ge2N6Si2. The molecule has 0 atom stereocenters. The molecule has 6 nitrogen and oxygen atoms in total. The van der Waals surface area contributed by atoms with Crippen molar-refractivity contribution in [2.24, 2.45) is 0 Å². The second-order valence-corrected chi connectivity index (χ2v) is 45.6. The number of rotatable bonds is 2. The first-order valence-corrected chi connectivity index (χ1v) is 29.1. The zero-order valence-electron chi connectivity index (χ0n) is 29.5. The molecule has 0 radical (unpaired) electrons. The minimum atomic E-state index is -3.48. The molecule has 0 bridgehead atoms. The van der Waals surface area contributed by atoms with E-state index in [1.807, 2.05) is 0 Å². The Morgan fingerprint density at radius 2 is 0.619 bits per heavy atom. The second kappa shape index (κ2) is 9.46. The van der Waals surface area contributed by atoms with Crippen LogP contribution in [0.1, 0.15) is 83.1 Å². The predicted molar refractivity (Wildman–Crippen MR) is 191 cm³/mol. The third-order valence-electron chi connectivity index (χ3n) is 9.30. The van der Waals surface area contributed by atoms with Crippen molar-refractivity contribution in [2.75, 3.05) is 5.63 Å². The van der Waals surface area contributed by atoms with Gasteiger partial charge in [0.15, 0.2) is 0 Å². The summed E-state index contributed by atoms with van der Waals surface area (Å²) < 4.78 is 19.0. The van der Waals surface area contributed by atoms with Crippen molar-refractivity contribution >= 4 is 56.5 Å². The number of nitrogens with zero attached hydrogens (tertiary/aromatic N) is 6. The zero-order valence-corrected chi connectivity index (χ0v) is 35.7. The molecule has 232 valence electrons. The SMILES string of the molecule is CC(C)(C)[N]1[Si](C)(C)[N](C(C)(C)C)[Ge]12[N](c1ccccc1)[Ge]1([N](C(C)(C)C)[Si](C)(C)[N]1C(C)(C)C)[N]2c1ccccc1. The summed E-state index contributed by atoms with van der Waals surface area (Å²) in [4.78, 5) is 0. The summed E-state index contributed by atoms with van der Waals surface area (Å²) in [6.07, 6.45) is 0. The van der Waals surface area contributed by atoms with Crippen LogP contribution in [0, 0.1) is 0 Å². The maximum absolute atomic E-state index is 3.48. The van der Waals surface area contributed by atoms with Gasteiger partial charge in [0.2, 0.25) is 0 Å². The van der Waals surface area contributed by atoms with Crippen molar-refractivity contribution in [3.8, 4) is 0 Å². The summed E-state index contributed by atoms with van der Waals surface area (Å²) in [5.41, 5.74) is 3.08. The molecule has 3 aliphatic rings. The Labute approximate surface area is 266 Å². The minimum absolute atomic E-state index is 0.0528. The first-order valence-electron chi connectivity index (χ1n) is 15.8. The van der Waals surface area contributed by atoms with Crippen molar-refractivity contribution in [1.29, 1.82) is 0 Å². The standard InChI is InChI=1S/C32H58Ge2N6Si2/c1-29(2,3)37-33(38(30(4,5)6)41(37,13)14)35(27-23-19-17-20-24-27)34(36(33)28-25-21-18-22-26-28)39(31(7,8)9)42(15,16)40(34)32(10,11)12/h17-26H,1-16H3. The molecule has 0 saturated carbocycles. The van der Waals surface area contributed by atoms with Crippen LogP contribution in [0.4, 0.5) is 11.4 Å². The molecule has 2 aromatic carbocycles. The Kier molecular flexibility index (Phi) is 7.39. The van der Waals surface area contributed by atoms with E-state index in [9.17, 15) is 0 Å². The number of anilines is 2. The van der Waals surface area contributed by atoms with Crippen molar-refractivity contribution in [3.63, 3.8) is 0 Å². The fraction of sp³-hybridized carbons (Fsp3) is 0.625. The fourth-order valence-electron chi connectivity index (χ4n) is 10.1. The molecule has 2 aromatic rings. The molecule has 3 aliphatic heterocycles. The maximum atomic E-state index is 3.20. The van der Waals surface area contributed by atoms with Gasteiger partial charge in [-0.2, -0.15) is 0 Å². The number of para-hydroxylation sites is 2. The molecule has 0 unspecified atom stereocenters. The van der Waals surface area contributed by atoms with E-state index in [4.69, 9.17) is 0 Å². The van der Waals surface area contributed by atoms with Crippen LogP contribution < -0.4 is 5.63 Å². The summed E-state index contributed by atoms with van der Waals surface area (Å²) in [6.45, 7) is 40.3. The average Bonchev–Trinajstić information content (AvgIpc) is 2.74. The quantitative estimate of drug-likeness (QED) is 0.293. The Bertz CT molecular complexity index is 1160. The molecular weight excluding hydrogens is 670 g/mol. The predicted octanol–water partition coefficient (Wildman–Crippen LogP) is 7.72. The Hall–Kier alpha value is -0.601. The Balaban J connectivity index is 1.99. The van der Waals surface area contributed by atoms with Crippen LogP contribution in [-0.2, 0) is 0 Å². The van der Waals surface area contributed by atoms with Gasteiger partial charge in [-0.25, -0.2) is 0 Å². The molecule has 0 amide bonds. The molecule has 3 fully saturated rings. The summed E-state index contributed by atoms with van der Waals surface area (Å²) >= 11 is -6.97. The molecule has 5 rings (SSSR count). The number of benzene rings is 2. The van der Waals surface area contributed by atoms with Gasteiger partial charge in [0, 0.05) is 0 Å². The van der Waals surface area contributed by atoms with Crippen LogP contribution in [0.2, 0.25) is 26.2 Å². The first-order chi connectivity index (χ1) is 18.9. The Morgan fingerprint density at radius 1 is 0.405 bits per heavy atom. The van der Waals surface area contributed by atoms with Gasteiger partial charge in [0.1, 0.15) is 0 Å². The number of hydrogen-bond acceptors (Lipinski definition) is 6. The second-order valence-electron chi connectivity index (χ2n) is 17.6. The van der Waals surface area contributed by atoms with Crippen molar-refractivity contribution < 1.29 is 0 Å². The normalized spacial score (nSPS) is 24.5. The van der Waals surface area contributed by atoms with Gasteiger partial charge in [0.05, 0.1) is 0 Å². The van der Waals surface area contributed by atoms with Crippen LogP contribution >= 0.6 is 0 Å². The van der Waals surface area contributed by atoms with Gasteiger partial charge in [0.25, 0.3) is 0 Å². The molecule has 42 heavy (non-hydrogen) atoms. The van der Waals surface area contributed by atoms with E-state index >= 15 is 0 Å². The van der Waals surface area contributed by atoms with Gasteiger partial charge in [-0.1, -0.05) is 0 Å². The zero-order chi connectivity index (χ0) is 31.7. The molecule has 10 heteroatoms. The van der Waals surface area contributed by atoms with E-state index in [0.29, 0.717) is 0 Å². The molecule has 3 saturated heterocycles. The third kappa shape index (κ3) is 4.08. The van der Waals surface area contributed by atoms with Crippen molar-refractivity contribution in [3.05, 3.63) is 60.7 Å². The molecule has 0 N–H and O–H groups in total. The van der Waals surface area contributed by atoms with Crippen LogP contribution in [0.3, 0.4) is 0 Å². The van der Waals surface area contributed by atoms with Gasteiger partial charge in [-0.3, -0.25) is 0 Å². The molecule has 0 aromatic heterocycles. The van der Waals surface area contributed by atoms with E-state index in [-0.39, 0.29) is 22.2 Å². The third-order valence-corrected chi connectivity index (χ3v) is 67.3. The van der Waals surface area contributed by atoms with Gasteiger partial charge < -0.3 is 0 Å². The van der Waals surface area contributed by atoms with Gasteiger partial charge >= 0.3 is 268 Å². The molecule has 2 spiro atoms. The van der Waals surface area contributed by atoms with E-state index in [2.05, 4.69) is 190 Å². The average molecular weight is 728 g/mol. The van der Waals surface area contributed by atoms with Crippen molar-refractivity contribution in [2.45, 2.75) is 131 Å². The first kappa shape index (κ1) is 32.8. The van der Waals surface area contributed by atoms with Gasteiger partial charge in [-0.05, 0) is 0 Å². The van der Waals surface area contributed by atoms with Crippen molar-refractivity contribution in [1.82, 2.24) is 14.1 Å². The van der Waals surface area contributed by atoms with Crippen LogP contribution in [0.5, 0.6) is 0 Å². The summed E-state index contributed by atoms with van der Waals surface area (Å²) in [6, 6.07) is 23.3. The van der Waals surface area contributed by atoms with E-state index in [0.717, 1.165) is 0 Å². The monoisotopic (exact) mass is 730 g/mol. The van der Waals surface area contributed by atoms with Gasteiger partial charge in [-0.15, -0.1) is 0 Å². The molecule has 3 heterocycles. The van der Waals surface area contributed by atoms with E-state index < -0.39 is 45.1 Å². The summed E-state index contributed by atoms with van der Waals surface area (Å²) in [5.74, 6) is 0. The Morgan fingerprint density at radius 3 is 0.810 bits per heavy atom. The molecule has 0 aliphatic carbocycles. The van der Waals surface area contributed by atoms with E-state index in [1.54, 1.807) is 0 Å². The van der Waals surface area contributed by atoms with Crippen LogP contribution in [-0.4, -0.2) is 81.4 Å². The topological polar surface area (TPSA) is 19.4 Å². The van der Waals surface area contributed by atoms with Crippen LogP contribution in [0.25, 0.3) is 0 Å². The van der Waals surface area contributed by atoms with Crippen LogP contribution in [0.15, 0.2) is 60.7 Å². The fourth-order valence-corrected chi connectivity index (χ4v) is 91.5. The summed E-state index contributed by atoms with van der Waals surface area (Å²) in [5, 5.41) is 0. The summed E-state index contributed by atoms with van der Waals surface area (Å²) in [7, 11) is -3.97. The number of hydrogen-bond donors (Lipinski definition) is 0.